The molecule has 4 aromatic rings. The molecule has 2 saturated heterocycles. The lowest BCUT2D eigenvalue weighted by Crippen LogP contribution is -2.35. The van der Waals surface area contributed by atoms with Crippen molar-refractivity contribution < 1.29 is 23.9 Å². The third kappa shape index (κ3) is 8.58. The number of nitrogens with one attached hydrogen (secondary N) is 5. The van der Waals surface area contributed by atoms with Crippen LogP contribution in [0.5, 0.6) is 11.8 Å². The van der Waals surface area contributed by atoms with Gasteiger partial charge in [-0.15, -0.1) is 0 Å². The largest absolute Gasteiger partial charge is 0.481 e. The summed E-state index contributed by atoms with van der Waals surface area (Å²) < 4.78 is 12.0. The van der Waals surface area contributed by atoms with Crippen LogP contribution < -0.4 is 36.1 Å². The number of fused-ring (bicyclic) bond motifs is 1. The highest BCUT2D eigenvalue weighted by Gasteiger charge is 2.29. The molecule has 0 unspecified atom stereocenters. The number of ether oxygens (including phenoxy) is 2. The van der Waals surface area contributed by atoms with Gasteiger partial charge in [-0.05, 0) is 60.6 Å². The van der Waals surface area contributed by atoms with Crippen LogP contribution in [0.25, 0.3) is 11.1 Å². The SMILES string of the molecule is COc1nc(O[C@H]2CCc3c(-c4cccc(C(=O)Nc5ccc(CNC[C@@H]6CCC(=O)N6)c(Cl)n5)c4Cl)cccc32)c(Cl)cc1CNC[C@@H]1CCC(=O)N1. The van der Waals surface area contributed by atoms with E-state index in [4.69, 9.17) is 44.3 Å². The maximum atomic E-state index is 13.5. The average Bonchev–Trinajstić information content (AvgIpc) is 3.89. The van der Waals surface area contributed by atoms with Crippen LogP contribution in [0.3, 0.4) is 0 Å². The Morgan fingerprint density at radius 2 is 1.50 bits per heavy atom. The third-order valence-corrected chi connectivity index (χ3v) is 10.9. The number of hydrogen-bond donors (Lipinski definition) is 5. The second kappa shape index (κ2) is 16.9. The standard InChI is InChI=1S/C39H40Cl3N7O5/c1-53-38-22(18-44-20-24-10-15-34(51)46-24)16-30(40)39(49-38)54-31-12-11-26-25(4-2-5-27(26)31)28-6-3-7-29(35(28)41)37(52)48-32-13-8-21(36(42)47-32)17-43-19-23-9-14-33(50)45-23/h2-8,13,16,23-24,31,43-44H,9-12,14-15,17-20H2,1H3,(H,45,50)(H,46,51)(H,47,48,52)/t23-,24-,31-/m0/s1. The summed E-state index contributed by atoms with van der Waals surface area (Å²) >= 11 is 20.1. The normalized spacial score (nSPS) is 19.0. The van der Waals surface area contributed by atoms with Crippen LogP contribution in [0.15, 0.2) is 54.6 Å². The molecule has 54 heavy (non-hydrogen) atoms. The second-order valence-electron chi connectivity index (χ2n) is 13.6. The predicted molar refractivity (Wildman–Crippen MR) is 207 cm³/mol. The summed E-state index contributed by atoms with van der Waals surface area (Å²) in [7, 11) is 1.55. The number of methoxy groups -OCH3 is 1. The van der Waals surface area contributed by atoms with E-state index in [-0.39, 0.29) is 41.0 Å². The summed E-state index contributed by atoms with van der Waals surface area (Å²) in [6.07, 6.45) is 3.80. The quantitative estimate of drug-likeness (QED) is 0.0944. The molecule has 0 spiro atoms. The minimum atomic E-state index is -0.416. The molecule has 1 aliphatic carbocycles. The molecule has 2 aliphatic heterocycles. The van der Waals surface area contributed by atoms with E-state index in [1.807, 2.05) is 24.3 Å². The van der Waals surface area contributed by atoms with Gasteiger partial charge in [0.1, 0.15) is 22.1 Å². The number of halogens is 3. The first-order valence-corrected chi connectivity index (χ1v) is 19.1. The van der Waals surface area contributed by atoms with E-state index >= 15 is 0 Å². The smallest absolute Gasteiger partial charge is 0.258 e. The maximum absolute atomic E-state index is 13.5. The fraction of sp³-hybridized carbons (Fsp3) is 0.359. The summed E-state index contributed by atoms with van der Waals surface area (Å²) in [4.78, 5) is 45.5. The molecule has 12 nitrogen and oxygen atoms in total. The Kier molecular flexibility index (Phi) is 11.9. The van der Waals surface area contributed by atoms with Gasteiger partial charge in [0.25, 0.3) is 5.91 Å². The Hall–Kier alpha value is -4.46. The van der Waals surface area contributed by atoms with Crippen molar-refractivity contribution in [1.82, 2.24) is 31.2 Å². The molecular weight excluding hydrogens is 753 g/mol. The van der Waals surface area contributed by atoms with Gasteiger partial charge in [-0.1, -0.05) is 71.2 Å². The number of carbonyl (C=O) groups is 3. The first kappa shape index (κ1) is 37.8. The molecule has 3 amide bonds. The zero-order valence-corrected chi connectivity index (χ0v) is 31.8. The van der Waals surface area contributed by atoms with Crippen LogP contribution in [-0.2, 0) is 29.1 Å². The minimum absolute atomic E-state index is 0.0702. The number of benzene rings is 2. The molecule has 2 fully saturated rings. The van der Waals surface area contributed by atoms with Crippen LogP contribution in [0.2, 0.25) is 15.2 Å². The van der Waals surface area contributed by atoms with Crippen LogP contribution in [0.4, 0.5) is 5.82 Å². The van der Waals surface area contributed by atoms with E-state index in [1.54, 1.807) is 37.4 Å². The molecule has 5 N–H and O–H groups in total. The zero-order chi connectivity index (χ0) is 37.8. The highest BCUT2D eigenvalue weighted by atomic mass is 35.5. The summed E-state index contributed by atoms with van der Waals surface area (Å²) in [5, 5.41) is 16.3. The highest BCUT2D eigenvalue weighted by molar-refractivity contribution is 6.37. The topological polar surface area (TPSA) is 156 Å². The number of nitrogens with zero attached hydrogens (tertiary/aromatic N) is 2. The molecular formula is C39H40Cl3N7O5. The van der Waals surface area contributed by atoms with Gasteiger partial charge < -0.3 is 36.1 Å². The Morgan fingerprint density at radius 1 is 0.815 bits per heavy atom. The van der Waals surface area contributed by atoms with E-state index in [2.05, 4.69) is 36.6 Å². The molecule has 282 valence electrons. The van der Waals surface area contributed by atoms with Crippen LogP contribution in [-0.4, -0.2) is 60.0 Å². The molecule has 15 heteroatoms. The van der Waals surface area contributed by atoms with Gasteiger partial charge >= 0.3 is 0 Å². The first-order valence-electron chi connectivity index (χ1n) is 17.9. The van der Waals surface area contributed by atoms with Gasteiger partial charge in [0.05, 0.1) is 17.7 Å². The zero-order valence-electron chi connectivity index (χ0n) is 29.6. The van der Waals surface area contributed by atoms with Crippen molar-refractivity contribution in [3.05, 3.63) is 97.6 Å². The van der Waals surface area contributed by atoms with Crippen molar-refractivity contribution in [2.75, 3.05) is 25.5 Å². The fourth-order valence-electron chi connectivity index (χ4n) is 7.19. The van der Waals surface area contributed by atoms with E-state index in [0.29, 0.717) is 72.7 Å². The number of hydrogen-bond acceptors (Lipinski definition) is 9. The third-order valence-electron chi connectivity index (χ3n) is 9.93. The Bertz CT molecular complexity index is 2080. The highest BCUT2D eigenvalue weighted by Crippen LogP contribution is 2.43. The predicted octanol–water partition coefficient (Wildman–Crippen LogP) is 6.17. The summed E-state index contributed by atoms with van der Waals surface area (Å²) in [6, 6.07) is 16.8. The van der Waals surface area contributed by atoms with Gasteiger partial charge in [-0.25, -0.2) is 4.98 Å². The van der Waals surface area contributed by atoms with Crippen molar-refractivity contribution in [2.45, 2.75) is 69.8 Å². The van der Waals surface area contributed by atoms with Gasteiger partial charge in [-0.2, -0.15) is 4.98 Å². The lowest BCUT2D eigenvalue weighted by molar-refractivity contribution is -0.120. The summed E-state index contributed by atoms with van der Waals surface area (Å²) in [6.45, 7) is 2.20. The number of amides is 3. The van der Waals surface area contributed by atoms with E-state index in [9.17, 15) is 14.4 Å². The lowest BCUT2D eigenvalue weighted by Gasteiger charge is -2.18. The summed E-state index contributed by atoms with van der Waals surface area (Å²) in [5.41, 5.74) is 5.53. The van der Waals surface area contributed by atoms with Crippen molar-refractivity contribution in [2.24, 2.45) is 0 Å². The van der Waals surface area contributed by atoms with Crippen LogP contribution in [0.1, 0.15) is 70.8 Å². The maximum Gasteiger partial charge on any atom is 0.258 e. The lowest BCUT2D eigenvalue weighted by atomic mass is 9.95. The molecule has 4 heterocycles. The Labute approximate surface area is 328 Å². The Morgan fingerprint density at radius 3 is 2.17 bits per heavy atom. The number of aromatic nitrogens is 2. The monoisotopic (exact) mass is 791 g/mol. The van der Waals surface area contributed by atoms with Gasteiger partial charge in [0.2, 0.25) is 23.6 Å². The van der Waals surface area contributed by atoms with Crippen molar-refractivity contribution in [3.8, 4) is 22.9 Å². The Balaban J connectivity index is 1.01. The van der Waals surface area contributed by atoms with Gasteiger partial charge in [0.15, 0.2) is 0 Å². The molecule has 0 saturated carbocycles. The van der Waals surface area contributed by atoms with E-state index in [0.717, 1.165) is 52.6 Å². The average molecular weight is 793 g/mol. The van der Waals surface area contributed by atoms with E-state index < -0.39 is 5.91 Å². The van der Waals surface area contributed by atoms with Gasteiger partial charge in [-0.3, -0.25) is 14.4 Å². The van der Waals surface area contributed by atoms with Gasteiger partial charge in [0, 0.05) is 67.8 Å². The minimum Gasteiger partial charge on any atom is -0.481 e. The van der Waals surface area contributed by atoms with Crippen molar-refractivity contribution in [1.29, 1.82) is 0 Å². The molecule has 2 aromatic carbocycles. The molecule has 2 aromatic heterocycles. The number of anilines is 1. The summed E-state index contributed by atoms with van der Waals surface area (Å²) in [5.74, 6) is 0.708. The van der Waals surface area contributed by atoms with Crippen LogP contribution >= 0.6 is 34.8 Å². The first-order chi connectivity index (χ1) is 26.2. The molecule has 0 bridgehead atoms. The van der Waals surface area contributed by atoms with Crippen LogP contribution in [0, 0.1) is 0 Å². The van der Waals surface area contributed by atoms with E-state index in [1.165, 1.54) is 0 Å². The second-order valence-corrected chi connectivity index (χ2v) is 14.7. The number of carbonyl (C=O) groups excluding carboxylic acids is 3. The number of rotatable bonds is 14. The molecule has 0 radical (unpaired) electrons. The number of pyridine rings is 2. The molecule has 3 aliphatic rings. The van der Waals surface area contributed by atoms with Crippen molar-refractivity contribution >= 4 is 58.3 Å². The van der Waals surface area contributed by atoms with Crippen molar-refractivity contribution in [3.63, 3.8) is 0 Å². The molecule has 7 rings (SSSR count). The molecule has 3 atom stereocenters. The fourth-order valence-corrected chi connectivity index (χ4v) is 7.95.